The summed E-state index contributed by atoms with van der Waals surface area (Å²) in [5.41, 5.74) is 0.977. The number of amides is 1. The van der Waals surface area contributed by atoms with Gasteiger partial charge in [-0.2, -0.15) is 0 Å². The lowest BCUT2D eigenvalue weighted by Crippen LogP contribution is -2.47. The highest BCUT2D eigenvalue weighted by Gasteiger charge is 2.55. The van der Waals surface area contributed by atoms with E-state index in [2.05, 4.69) is 0 Å². The lowest BCUT2D eigenvalue weighted by molar-refractivity contribution is -0.256. The van der Waals surface area contributed by atoms with Crippen molar-refractivity contribution in [3.05, 3.63) is 52.8 Å². The third kappa shape index (κ3) is 3.05. The Morgan fingerprint density at radius 1 is 1.13 bits per heavy atom. The normalized spacial score (nSPS) is 20.6. The molecule has 2 aromatic rings. The molecule has 3 aliphatic rings. The van der Waals surface area contributed by atoms with Crippen LogP contribution in [0.1, 0.15) is 24.8 Å². The zero-order valence-electron chi connectivity index (χ0n) is 15.9. The number of nitrogens with zero attached hydrogens (tertiary/aromatic N) is 1. The van der Waals surface area contributed by atoms with Gasteiger partial charge < -0.3 is 14.4 Å². The minimum absolute atomic E-state index is 0.0621. The molecule has 1 amide bonds. The molecule has 1 spiro atoms. The van der Waals surface area contributed by atoms with Crippen molar-refractivity contribution in [1.29, 1.82) is 0 Å². The van der Waals surface area contributed by atoms with Gasteiger partial charge in [-0.05, 0) is 61.6 Å². The van der Waals surface area contributed by atoms with E-state index in [0.29, 0.717) is 43.3 Å². The number of carbonyl (C=O) groups excluding carboxylic acids is 1. The van der Waals surface area contributed by atoms with E-state index in [9.17, 15) is 17.6 Å². The monoisotopic (exact) mass is 451 g/mol. The first-order valence-electron chi connectivity index (χ1n) is 9.77. The predicted molar refractivity (Wildman–Crippen MR) is 107 cm³/mol. The first-order chi connectivity index (χ1) is 14.3. The Labute approximate surface area is 178 Å². The van der Waals surface area contributed by atoms with Crippen LogP contribution in [0.5, 0.6) is 0 Å². The van der Waals surface area contributed by atoms with Crippen molar-refractivity contribution < 1.29 is 27.1 Å². The number of carbonyl (C=O) groups is 1. The standard InChI is InChI=1S/C21H19ClFNO5S/c22-17-10-14(23)4-7-19(17)30(26,27)15-5-6-18-16(11-15)21(28-8-1-9-29-21)20(25)24(18)12-13-2-3-13/h4-7,10-11,13H,1-3,8-9,12H2. The van der Waals surface area contributed by atoms with E-state index in [1.54, 1.807) is 11.0 Å². The molecule has 5 rings (SSSR count). The smallest absolute Gasteiger partial charge is 0.292 e. The molecule has 0 atom stereocenters. The average Bonchev–Trinajstić information content (AvgIpc) is 3.52. The van der Waals surface area contributed by atoms with Crippen molar-refractivity contribution >= 4 is 33.0 Å². The van der Waals surface area contributed by atoms with Gasteiger partial charge in [0.1, 0.15) is 5.82 Å². The van der Waals surface area contributed by atoms with Crippen molar-refractivity contribution in [2.75, 3.05) is 24.7 Å². The number of anilines is 1. The second-order valence-corrected chi connectivity index (χ2v) is 10.1. The van der Waals surface area contributed by atoms with E-state index >= 15 is 0 Å². The largest absolute Gasteiger partial charge is 0.338 e. The molecule has 6 nitrogen and oxygen atoms in total. The third-order valence-electron chi connectivity index (χ3n) is 5.67. The number of sulfone groups is 1. The second-order valence-electron chi connectivity index (χ2n) is 7.78. The second kappa shape index (κ2) is 7.02. The Bertz CT molecular complexity index is 1140. The van der Waals surface area contributed by atoms with Gasteiger partial charge in [-0.15, -0.1) is 0 Å². The van der Waals surface area contributed by atoms with Crippen LogP contribution in [0.2, 0.25) is 5.02 Å². The maximum absolute atomic E-state index is 13.4. The van der Waals surface area contributed by atoms with Crippen LogP contribution in [-0.4, -0.2) is 34.1 Å². The molecule has 0 N–H and O–H groups in total. The van der Waals surface area contributed by atoms with Gasteiger partial charge in [-0.25, -0.2) is 12.8 Å². The van der Waals surface area contributed by atoms with Gasteiger partial charge in [0.15, 0.2) is 0 Å². The Kier molecular flexibility index (Phi) is 4.66. The van der Waals surface area contributed by atoms with Gasteiger partial charge in [0.25, 0.3) is 11.7 Å². The maximum Gasteiger partial charge on any atom is 0.292 e. The fraction of sp³-hybridized carbons (Fsp3) is 0.381. The van der Waals surface area contributed by atoms with E-state index < -0.39 is 21.4 Å². The predicted octanol–water partition coefficient (Wildman–Crippen LogP) is 3.66. The Balaban J connectivity index is 1.63. The molecule has 158 valence electrons. The molecule has 2 aliphatic heterocycles. The van der Waals surface area contributed by atoms with E-state index in [4.69, 9.17) is 21.1 Å². The Morgan fingerprint density at radius 2 is 1.87 bits per heavy atom. The van der Waals surface area contributed by atoms with Gasteiger partial charge in [-0.3, -0.25) is 4.79 Å². The highest BCUT2D eigenvalue weighted by Crippen LogP contribution is 2.48. The lowest BCUT2D eigenvalue weighted by atomic mass is 10.1. The first-order valence-corrected chi connectivity index (χ1v) is 11.6. The zero-order valence-corrected chi connectivity index (χ0v) is 17.5. The van der Waals surface area contributed by atoms with Gasteiger partial charge >= 0.3 is 0 Å². The zero-order chi connectivity index (χ0) is 21.1. The van der Waals surface area contributed by atoms with Crippen molar-refractivity contribution in [2.45, 2.75) is 34.8 Å². The molecule has 1 aliphatic carbocycles. The van der Waals surface area contributed by atoms with Crippen LogP contribution in [0.25, 0.3) is 0 Å². The van der Waals surface area contributed by atoms with Crippen LogP contribution >= 0.6 is 11.6 Å². The molecule has 2 fully saturated rings. The number of rotatable bonds is 4. The number of fused-ring (bicyclic) bond motifs is 2. The minimum Gasteiger partial charge on any atom is -0.338 e. The molecule has 0 bridgehead atoms. The van der Waals surface area contributed by atoms with Crippen LogP contribution in [0, 0.1) is 11.7 Å². The van der Waals surface area contributed by atoms with Crippen molar-refractivity contribution in [2.24, 2.45) is 5.92 Å². The van der Waals surface area contributed by atoms with E-state index in [0.717, 1.165) is 31.0 Å². The minimum atomic E-state index is -4.05. The molecule has 0 unspecified atom stereocenters. The summed E-state index contributed by atoms with van der Waals surface area (Å²) >= 11 is 6.00. The molecule has 30 heavy (non-hydrogen) atoms. The van der Waals surface area contributed by atoms with Crippen LogP contribution in [-0.2, 0) is 29.9 Å². The SMILES string of the molecule is O=C1N(CC2CC2)c2ccc(S(=O)(=O)c3ccc(F)cc3Cl)cc2C12OCCCO2. The van der Waals surface area contributed by atoms with Crippen LogP contribution in [0.15, 0.2) is 46.2 Å². The van der Waals surface area contributed by atoms with Gasteiger partial charge in [-0.1, -0.05) is 11.6 Å². The molecule has 1 saturated carbocycles. The molecule has 0 aromatic heterocycles. The molecule has 9 heteroatoms. The number of ether oxygens (including phenoxy) is 2. The third-order valence-corrected chi connectivity index (χ3v) is 7.91. The fourth-order valence-electron chi connectivity index (χ4n) is 3.95. The summed E-state index contributed by atoms with van der Waals surface area (Å²) in [5, 5.41) is -0.207. The molecule has 0 radical (unpaired) electrons. The molecular weight excluding hydrogens is 433 g/mol. The highest BCUT2D eigenvalue weighted by molar-refractivity contribution is 7.91. The number of benzene rings is 2. The van der Waals surface area contributed by atoms with E-state index in [1.165, 1.54) is 12.1 Å². The lowest BCUT2D eigenvalue weighted by Gasteiger charge is -2.32. The maximum atomic E-state index is 13.4. The average molecular weight is 452 g/mol. The van der Waals surface area contributed by atoms with Crippen molar-refractivity contribution in [3.63, 3.8) is 0 Å². The number of hydrogen-bond donors (Lipinski definition) is 0. The van der Waals surface area contributed by atoms with Crippen LogP contribution in [0.3, 0.4) is 0 Å². The molecule has 2 heterocycles. The number of halogens is 2. The van der Waals surface area contributed by atoms with Gasteiger partial charge in [0.05, 0.1) is 33.7 Å². The Hall–Kier alpha value is -2.00. The highest BCUT2D eigenvalue weighted by atomic mass is 35.5. The Morgan fingerprint density at radius 3 is 2.53 bits per heavy atom. The van der Waals surface area contributed by atoms with E-state index in [-0.39, 0.29) is 20.7 Å². The molecule has 2 aromatic carbocycles. The molecule has 1 saturated heterocycles. The fourth-order valence-corrected chi connectivity index (χ4v) is 5.76. The first kappa shape index (κ1) is 19.9. The van der Waals surface area contributed by atoms with Crippen molar-refractivity contribution in [3.8, 4) is 0 Å². The number of hydrogen-bond acceptors (Lipinski definition) is 5. The van der Waals surface area contributed by atoms with Gasteiger partial charge in [0.2, 0.25) is 9.84 Å². The van der Waals surface area contributed by atoms with Crippen LogP contribution < -0.4 is 4.90 Å². The summed E-state index contributed by atoms with van der Waals surface area (Å²) in [6.45, 7) is 1.22. The van der Waals surface area contributed by atoms with E-state index in [1.807, 2.05) is 0 Å². The summed E-state index contributed by atoms with van der Waals surface area (Å²) < 4.78 is 51.5. The van der Waals surface area contributed by atoms with Crippen molar-refractivity contribution in [1.82, 2.24) is 0 Å². The summed E-state index contributed by atoms with van der Waals surface area (Å²) in [7, 11) is -4.05. The summed E-state index contributed by atoms with van der Waals surface area (Å²) in [6.07, 6.45) is 2.77. The topological polar surface area (TPSA) is 72.9 Å². The van der Waals surface area contributed by atoms with Crippen LogP contribution in [0.4, 0.5) is 10.1 Å². The quantitative estimate of drug-likeness (QED) is 0.663. The van der Waals surface area contributed by atoms with Gasteiger partial charge in [0, 0.05) is 12.1 Å². The summed E-state index contributed by atoms with van der Waals surface area (Å²) in [6, 6.07) is 7.59. The summed E-state index contributed by atoms with van der Waals surface area (Å²) in [4.78, 5) is 14.7. The molecular formula is C21H19ClFNO5S. The summed E-state index contributed by atoms with van der Waals surface area (Å²) in [5.74, 6) is -2.14.